The Hall–Kier alpha value is -0.830. The van der Waals surface area contributed by atoms with E-state index in [9.17, 15) is 9.90 Å². The van der Waals surface area contributed by atoms with Crippen LogP contribution in [0.15, 0.2) is 11.1 Å². The number of carbonyl (C=O) groups is 1. The van der Waals surface area contributed by atoms with E-state index in [1.54, 1.807) is 6.92 Å². The number of carboxylic acid groups (broad SMARTS) is 1. The molecule has 0 saturated carbocycles. The summed E-state index contributed by atoms with van der Waals surface area (Å²) in [4.78, 5) is 9.37. The SMILES string of the molecule is CCC(=O)O.CCC1=C(C)CCC(C)(C)C1CO. The van der Waals surface area contributed by atoms with Gasteiger partial charge in [-0.3, -0.25) is 4.79 Å². The predicted molar refractivity (Wildman–Crippen MR) is 74.5 cm³/mol. The summed E-state index contributed by atoms with van der Waals surface area (Å²) in [5.41, 5.74) is 3.30. The van der Waals surface area contributed by atoms with Crippen molar-refractivity contribution >= 4 is 5.97 Å². The number of rotatable bonds is 3. The normalized spacial score (nSPS) is 22.2. The van der Waals surface area contributed by atoms with Crippen molar-refractivity contribution in [3.05, 3.63) is 11.1 Å². The molecule has 0 saturated heterocycles. The summed E-state index contributed by atoms with van der Waals surface area (Å²) in [5, 5.41) is 17.1. The molecule has 1 aliphatic carbocycles. The largest absolute Gasteiger partial charge is 0.481 e. The minimum Gasteiger partial charge on any atom is -0.481 e. The highest BCUT2D eigenvalue weighted by atomic mass is 16.4. The van der Waals surface area contributed by atoms with E-state index in [2.05, 4.69) is 27.7 Å². The van der Waals surface area contributed by atoms with Crippen molar-refractivity contribution < 1.29 is 15.0 Å². The molecule has 106 valence electrons. The summed E-state index contributed by atoms with van der Waals surface area (Å²) in [7, 11) is 0. The van der Waals surface area contributed by atoms with Gasteiger partial charge in [-0.2, -0.15) is 0 Å². The molecule has 18 heavy (non-hydrogen) atoms. The van der Waals surface area contributed by atoms with Gasteiger partial charge in [-0.1, -0.05) is 38.8 Å². The second-order valence-corrected chi connectivity index (χ2v) is 5.63. The lowest BCUT2D eigenvalue weighted by Crippen LogP contribution is -2.32. The Labute approximate surface area is 111 Å². The maximum Gasteiger partial charge on any atom is 0.303 e. The van der Waals surface area contributed by atoms with Crippen LogP contribution in [0, 0.1) is 11.3 Å². The second kappa shape index (κ2) is 7.57. The Morgan fingerprint density at radius 1 is 1.39 bits per heavy atom. The van der Waals surface area contributed by atoms with Gasteiger partial charge in [-0.25, -0.2) is 0 Å². The van der Waals surface area contributed by atoms with Crippen molar-refractivity contribution in [2.45, 2.75) is 60.3 Å². The topological polar surface area (TPSA) is 57.5 Å². The van der Waals surface area contributed by atoms with E-state index in [1.165, 1.54) is 24.0 Å². The molecule has 2 N–H and O–H groups in total. The Morgan fingerprint density at radius 3 is 2.17 bits per heavy atom. The molecular formula is C15H28O3. The molecule has 0 aliphatic heterocycles. The lowest BCUT2D eigenvalue weighted by Gasteiger charge is -2.40. The van der Waals surface area contributed by atoms with E-state index in [0.717, 1.165) is 6.42 Å². The van der Waals surface area contributed by atoms with Gasteiger partial charge < -0.3 is 10.2 Å². The van der Waals surface area contributed by atoms with E-state index in [1.807, 2.05) is 0 Å². The molecule has 0 heterocycles. The van der Waals surface area contributed by atoms with Gasteiger partial charge in [0.25, 0.3) is 0 Å². The summed E-state index contributed by atoms with van der Waals surface area (Å²) < 4.78 is 0. The maximum atomic E-state index is 9.41. The molecule has 1 atom stereocenters. The number of hydrogen-bond acceptors (Lipinski definition) is 2. The minimum absolute atomic E-state index is 0.222. The van der Waals surface area contributed by atoms with Gasteiger partial charge >= 0.3 is 5.97 Å². The van der Waals surface area contributed by atoms with E-state index < -0.39 is 5.97 Å². The first-order valence-corrected chi connectivity index (χ1v) is 6.81. The lowest BCUT2D eigenvalue weighted by molar-refractivity contribution is -0.136. The van der Waals surface area contributed by atoms with Crippen molar-refractivity contribution in [1.29, 1.82) is 0 Å². The Kier molecular flexibility index (Phi) is 7.22. The van der Waals surface area contributed by atoms with Gasteiger partial charge in [0.15, 0.2) is 0 Å². The second-order valence-electron chi connectivity index (χ2n) is 5.63. The summed E-state index contributed by atoms with van der Waals surface area (Å²) in [5.74, 6) is -0.351. The van der Waals surface area contributed by atoms with Crippen LogP contribution in [-0.4, -0.2) is 22.8 Å². The Bertz CT molecular complexity index is 303. The zero-order chi connectivity index (χ0) is 14.3. The lowest BCUT2D eigenvalue weighted by atomic mass is 9.66. The minimum atomic E-state index is -0.745. The van der Waals surface area contributed by atoms with Crippen LogP contribution in [0.5, 0.6) is 0 Å². The summed E-state index contributed by atoms with van der Waals surface area (Å²) in [6, 6.07) is 0. The number of aliphatic hydroxyl groups excluding tert-OH is 1. The van der Waals surface area contributed by atoms with Gasteiger partial charge in [0, 0.05) is 12.3 Å². The van der Waals surface area contributed by atoms with Crippen LogP contribution in [0.1, 0.15) is 60.3 Å². The monoisotopic (exact) mass is 256 g/mol. The molecule has 1 aliphatic rings. The first-order chi connectivity index (χ1) is 8.30. The van der Waals surface area contributed by atoms with E-state index >= 15 is 0 Å². The fourth-order valence-electron chi connectivity index (χ4n) is 2.52. The van der Waals surface area contributed by atoms with Crippen LogP contribution < -0.4 is 0 Å². The van der Waals surface area contributed by atoms with Gasteiger partial charge in [-0.05, 0) is 31.6 Å². The third kappa shape index (κ3) is 4.81. The molecule has 0 aromatic rings. The first-order valence-electron chi connectivity index (χ1n) is 6.81. The van der Waals surface area contributed by atoms with Crippen LogP contribution in [0.3, 0.4) is 0 Å². The fraction of sp³-hybridized carbons (Fsp3) is 0.800. The third-order valence-corrected chi connectivity index (χ3v) is 3.92. The molecule has 1 rings (SSSR count). The summed E-state index contributed by atoms with van der Waals surface area (Å²) >= 11 is 0. The van der Waals surface area contributed by atoms with Crippen molar-refractivity contribution in [2.75, 3.05) is 6.61 Å². The molecular weight excluding hydrogens is 228 g/mol. The highest BCUT2D eigenvalue weighted by molar-refractivity contribution is 5.66. The van der Waals surface area contributed by atoms with Crippen LogP contribution in [0.25, 0.3) is 0 Å². The van der Waals surface area contributed by atoms with Crippen LogP contribution in [0.4, 0.5) is 0 Å². The number of aliphatic hydroxyl groups is 1. The van der Waals surface area contributed by atoms with E-state index in [0.29, 0.717) is 17.9 Å². The highest BCUT2D eigenvalue weighted by Crippen LogP contribution is 2.44. The molecule has 0 spiro atoms. The van der Waals surface area contributed by atoms with Crippen LogP contribution in [0.2, 0.25) is 0 Å². The Morgan fingerprint density at radius 2 is 1.89 bits per heavy atom. The van der Waals surface area contributed by atoms with Crippen LogP contribution in [-0.2, 0) is 4.79 Å². The fourth-order valence-corrected chi connectivity index (χ4v) is 2.52. The zero-order valence-electron chi connectivity index (χ0n) is 12.4. The molecule has 1 unspecified atom stereocenters. The molecule has 0 bridgehead atoms. The number of allylic oxidation sites excluding steroid dienone is 1. The molecule has 0 amide bonds. The highest BCUT2D eigenvalue weighted by Gasteiger charge is 2.34. The van der Waals surface area contributed by atoms with Crippen molar-refractivity contribution in [3.63, 3.8) is 0 Å². The number of aliphatic carboxylic acids is 1. The van der Waals surface area contributed by atoms with Crippen LogP contribution >= 0.6 is 0 Å². The molecule has 0 aromatic carbocycles. The molecule has 0 aromatic heterocycles. The smallest absolute Gasteiger partial charge is 0.303 e. The standard InChI is InChI=1S/C12H22O.C3H6O2/c1-5-10-9(2)6-7-12(3,4)11(10)8-13;1-2-3(4)5/h11,13H,5-8H2,1-4H3;2H2,1H3,(H,4,5). The quantitative estimate of drug-likeness (QED) is 0.758. The molecule has 0 radical (unpaired) electrons. The van der Waals surface area contributed by atoms with Gasteiger partial charge in [0.2, 0.25) is 0 Å². The van der Waals surface area contributed by atoms with Crippen molar-refractivity contribution in [2.24, 2.45) is 11.3 Å². The van der Waals surface area contributed by atoms with Crippen molar-refractivity contribution in [1.82, 2.24) is 0 Å². The Balaban J connectivity index is 0.000000494. The first kappa shape index (κ1) is 17.2. The van der Waals surface area contributed by atoms with Gasteiger partial charge in [-0.15, -0.1) is 0 Å². The predicted octanol–water partition coefficient (Wildman–Crippen LogP) is 3.62. The summed E-state index contributed by atoms with van der Waals surface area (Å²) in [6.45, 7) is 10.9. The molecule has 0 fully saturated rings. The molecule has 3 heteroatoms. The summed E-state index contributed by atoms with van der Waals surface area (Å²) in [6.07, 6.45) is 3.75. The van der Waals surface area contributed by atoms with Gasteiger partial charge in [0.05, 0.1) is 6.61 Å². The van der Waals surface area contributed by atoms with Crippen molar-refractivity contribution in [3.8, 4) is 0 Å². The number of carboxylic acids is 1. The maximum absolute atomic E-state index is 9.41. The average Bonchev–Trinajstić information content (AvgIpc) is 2.32. The van der Waals surface area contributed by atoms with E-state index in [4.69, 9.17) is 5.11 Å². The molecule has 3 nitrogen and oxygen atoms in total. The van der Waals surface area contributed by atoms with E-state index in [-0.39, 0.29) is 6.42 Å². The third-order valence-electron chi connectivity index (χ3n) is 3.92. The average molecular weight is 256 g/mol. The number of hydrogen-bond donors (Lipinski definition) is 2. The van der Waals surface area contributed by atoms with Gasteiger partial charge in [0.1, 0.15) is 0 Å². The zero-order valence-corrected chi connectivity index (χ0v) is 12.4.